The second kappa shape index (κ2) is 10.8. The van der Waals surface area contributed by atoms with Gasteiger partial charge < -0.3 is 9.32 Å². The number of nitrogens with zero attached hydrogens (tertiary/aromatic N) is 1. The zero-order valence-electron chi connectivity index (χ0n) is 25.1. The molecule has 1 heterocycles. The first kappa shape index (κ1) is 26.3. The second-order valence-electron chi connectivity index (χ2n) is 11.8. The van der Waals surface area contributed by atoms with E-state index in [4.69, 9.17) is 4.42 Å². The van der Waals surface area contributed by atoms with E-state index in [0.717, 1.165) is 39.0 Å². The van der Waals surface area contributed by atoms with Crippen LogP contribution in [-0.4, -0.2) is 0 Å². The Bertz CT molecular complexity index is 2530. The van der Waals surface area contributed by atoms with Crippen molar-refractivity contribution in [3.05, 3.63) is 176 Å². The Balaban J connectivity index is 1.21. The molecule has 1 aromatic heterocycles. The van der Waals surface area contributed by atoms with Crippen molar-refractivity contribution in [1.82, 2.24) is 0 Å². The number of hydrogen-bond acceptors (Lipinski definition) is 2. The highest BCUT2D eigenvalue weighted by atomic mass is 16.3. The fraction of sp³-hybridized carbons (Fsp3) is 0. The lowest BCUT2D eigenvalue weighted by molar-refractivity contribution is 0.669. The lowest BCUT2D eigenvalue weighted by atomic mass is 10.0. The van der Waals surface area contributed by atoms with Crippen LogP contribution < -0.4 is 4.90 Å². The normalized spacial score (nSPS) is 11.5. The van der Waals surface area contributed by atoms with E-state index in [9.17, 15) is 0 Å². The van der Waals surface area contributed by atoms with Crippen LogP contribution in [0.1, 0.15) is 0 Å². The summed E-state index contributed by atoms with van der Waals surface area (Å²) in [6, 6.07) is 62.7. The molecule has 0 unspecified atom stereocenters. The summed E-state index contributed by atoms with van der Waals surface area (Å²) >= 11 is 0. The average molecular weight is 588 g/mol. The van der Waals surface area contributed by atoms with Gasteiger partial charge >= 0.3 is 0 Å². The Morgan fingerprint density at radius 1 is 0.348 bits per heavy atom. The SMILES string of the molecule is c1ccc(-c2ccc3oc4c(N(c5ccc(-c6ccc7ccccc7c6)cc5)c5ccc6ccccc6c5)cccc4c3c2)cc1. The molecule has 0 spiro atoms. The first-order valence-electron chi connectivity index (χ1n) is 15.7. The minimum Gasteiger partial charge on any atom is -0.454 e. The molecule has 2 nitrogen and oxygen atoms in total. The molecule has 9 aromatic rings. The fourth-order valence-electron chi connectivity index (χ4n) is 6.68. The minimum absolute atomic E-state index is 0.870. The van der Waals surface area contributed by atoms with Gasteiger partial charge in [0.1, 0.15) is 5.58 Å². The number of fused-ring (bicyclic) bond motifs is 5. The molecular formula is C44H29NO. The first-order chi connectivity index (χ1) is 22.8. The zero-order valence-corrected chi connectivity index (χ0v) is 25.1. The molecule has 0 N–H and O–H groups in total. The summed E-state index contributed by atoms with van der Waals surface area (Å²) in [5, 5.41) is 7.12. The molecule has 0 aliphatic carbocycles. The summed E-state index contributed by atoms with van der Waals surface area (Å²) < 4.78 is 6.68. The summed E-state index contributed by atoms with van der Waals surface area (Å²) in [6.45, 7) is 0. The van der Waals surface area contributed by atoms with Crippen LogP contribution in [0.2, 0.25) is 0 Å². The van der Waals surface area contributed by atoms with Crippen molar-refractivity contribution in [1.29, 1.82) is 0 Å². The van der Waals surface area contributed by atoms with Gasteiger partial charge in [-0.2, -0.15) is 0 Å². The van der Waals surface area contributed by atoms with Gasteiger partial charge in [-0.05, 0) is 92.3 Å². The summed E-state index contributed by atoms with van der Waals surface area (Å²) in [6.07, 6.45) is 0. The highest BCUT2D eigenvalue weighted by Crippen LogP contribution is 2.43. The molecule has 0 aliphatic rings. The number of rotatable bonds is 5. The van der Waals surface area contributed by atoms with Crippen molar-refractivity contribution in [3.8, 4) is 22.3 Å². The van der Waals surface area contributed by atoms with Crippen LogP contribution in [0.4, 0.5) is 17.1 Å². The lowest BCUT2D eigenvalue weighted by Gasteiger charge is -2.26. The van der Waals surface area contributed by atoms with Crippen LogP contribution in [-0.2, 0) is 0 Å². The van der Waals surface area contributed by atoms with E-state index in [1.54, 1.807) is 0 Å². The van der Waals surface area contributed by atoms with Gasteiger partial charge in [-0.15, -0.1) is 0 Å². The second-order valence-corrected chi connectivity index (χ2v) is 11.8. The van der Waals surface area contributed by atoms with Crippen molar-refractivity contribution < 1.29 is 4.42 Å². The van der Waals surface area contributed by atoms with Gasteiger partial charge in [0.05, 0.1) is 5.69 Å². The maximum atomic E-state index is 6.68. The molecule has 8 aromatic carbocycles. The van der Waals surface area contributed by atoms with E-state index in [-0.39, 0.29) is 0 Å². The van der Waals surface area contributed by atoms with Crippen molar-refractivity contribution >= 4 is 60.5 Å². The molecule has 0 amide bonds. The quantitative estimate of drug-likeness (QED) is 0.199. The third kappa shape index (κ3) is 4.51. The molecule has 0 aliphatic heterocycles. The molecule has 0 radical (unpaired) electrons. The number of hydrogen-bond donors (Lipinski definition) is 0. The number of furan rings is 1. The van der Waals surface area contributed by atoms with Crippen molar-refractivity contribution in [3.63, 3.8) is 0 Å². The summed E-state index contributed by atoms with van der Waals surface area (Å²) in [4.78, 5) is 2.32. The van der Waals surface area contributed by atoms with Crippen LogP contribution in [0.5, 0.6) is 0 Å². The van der Waals surface area contributed by atoms with Crippen LogP contribution >= 0.6 is 0 Å². The Labute approximate surface area is 267 Å². The predicted molar refractivity (Wildman–Crippen MR) is 194 cm³/mol. The van der Waals surface area contributed by atoms with Crippen LogP contribution in [0.25, 0.3) is 65.7 Å². The van der Waals surface area contributed by atoms with Crippen molar-refractivity contribution in [2.24, 2.45) is 0 Å². The Kier molecular flexibility index (Phi) is 6.17. The van der Waals surface area contributed by atoms with E-state index in [2.05, 4.69) is 181 Å². The fourth-order valence-corrected chi connectivity index (χ4v) is 6.68. The third-order valence-electron chi connectivity index (χ3n) is 9.02. The van der Waals surface area contributed by atoms with Crippen LogP contribution in [0.3, 0.4) is 0 Å². The van der Waals surface area contributed by atoms with Crippen LogP contribution in [0.15, 0.2) is 180 Å². The van der Waals surface area contributed by atoms with Crippen LogP contribution in [0, 0.1) is 0 Å². The van der Waals surface area contributed by atoms with Gasteiger partial charge in [-0.3, -0.25) is 0 Å². The Morgan fingerprint density at radius 3 is 1.72 bits per heavy atom. The highest BCUT2D eigenvalue weighted by Gasteiger charge is 2.20. The molecule has 0 fully saturated rings. The monoisotopic (exact) mass is 587 g/mol. The largest absolute Gasteiger partial charge is 0.454 e. The molecule has 9 rings (SSSR count). The van der Waals surface area contributed by atoms with Gasteiger partial charge in [0.15, 0.2) is 5.58 Å². The molecule has 0 atom stereocenters. The van der Waals surface area contributed by atoms with E-state index < -0.39 is 0 Å². The number of benzene rings is 8. The van der Waals surface area contributed by atoms with E-state index >= 15 is 0 Å². The summed E-state index contributed by atoms with van der Waals surface area (Å²) in [5.41, 5.74) is 9.66. The van der Waals surface area contributed by atoms with Crippen molar-refractivity contribution in [2.45, 2.75) is 0 Å². The molecule has 46 heavy (non-hydrogen) atoms. The van der Waals surface area contributed by atoms with Gasteiger partial charge in [0.25, 0.3) is 0 Å². The van der Waals surface area contributed by atoms with Gasteiger partial charge in [0, 0.05) is 22.1 Å². The molecule has 0 saturated heterocycles. The third-order valence-corrected chi connectivity index (χ3v) is 9.02. The van der Waals surface area contributed by atoms with Gasteiger partial charge in [0.2, 0.25) is 0 Å². The van der Waals surface area contributed by atoms with E-state index in [1.807, 2.05) is 0 Å². The van der Waals surface area contributed by atoms with Crippen molar-refractivity contribution in [2.75, 3.05) is 4.90 Å². The summed E-state index contributed by atoms with van der Waals surface area (Å²) in [7, 11) is 0. The Morgan fingerprint density at radius 2 is 0.935 bits per heavy atom. The maximum Gasteiger partial charge on any atom is 0.159 e. The maximum absolute atomic E-state index is 6.68. The van der Waals surface area contributed by atoms with Gasteiger partial charge in [-0.1, -0.05) is 127 Å². The van der Waals surface area contributed by atoms with E-state index in [1.165, 1.54) is 43.8 Å². The molecule has 0 bridgehead atoms. The average Bonchev–Trinajstić information content (AvgIpc) is 3.51. The number of para-hydroxylation sites is 1. The molecule has 216 valence electrons. The lowest BCUT2D eigenvalue weighted by Crippen LogP contribution is -2.10. The molecule has 2 heteroatoms. The first-order valence-corrected chi connectivity index (χ1v) is 15.7. The van der Waals surface area contributed by atoms with Gasteiger partial charge in [-0.25, -0.2) is 0 Å². The zero-order chi connectivity index (χ0) is 30.5. The predicted octanol–water partition coefficient (Wildman–Crippen LogP) is 12.7. The minimum atomic E-state index is 0.870. The molecular weight excluding hydrogens is 558 g/mol. The smallest absolute Gasteiger partial charge is 0.159 e. The topological polar surface area (TPSA) is 16.4 Å². The number of anilines is 3. The van der Waals surface area contributed by atoms with E-state index in [0.29, 0.717) is 0 Å². The molecule has 0 saturated carbocycles. The highest BCUT2D eigenvalue weighted by molar-refractivity contribution is 6.11. The summed E-state index contributed by atoms with van der Waals surface area (Å²) in [5.74, 6) is 0. The standard InChI is InChI=1S/C44H29NO/c1-2-9-30(10-3-1)37-22-26-43-41(29-37)40-15-8-16-42(44(40)46-43)45(39-25-21-32-12-5-7-14-35(32)28-39)38-23-19-33(20-24-38)36-18-17-31-11-4-6-13-34(31)27-36/h1-29H. The Hall–Kier alpha value is -6.12.